The first kappa shape index (κ1) is 12.9. The van der Waals surface area contributed by atoms with Crippen LogP contribution in [0.2, 0.25) is 0 Å². The van der Waals surface area contributed by atoms with E-state index in [1.807, 2.05) is 6.07 Å². The average molecular weight is 279 g/mol. The van der Waals surface area contributed by atoms with Gasteiger partial charge in [-0.25, -0.2) is 0 Å². The predicted octanol–water partition coefficient (Wildman–Crippen LogP) is 3.66. The minimum Gasteiger partial charge on any atom is -0.486 e. The van der Waals surface area contributed by atoms with E-state index in [1.54, 1.807) is 0 Å². The minimum atomic E-state index is -0.196. The van der Waals surface area contributed by atoms with Crippen LogP contribution in [0.5, 0.6) is 5.75 Å². The van der Waals surface area contributed by atoms with Crippen LogP contribution >= 0.6 is 0 Å². The van der Waals surface area contributed by atoms with Crippen molar-refractivity contribution in [1.29, 1.82) is 0 Å². The lowest BCUT2D eigenvalue weighted by Gasteiger charge is -2.30. The normalized spacial score (nSPS) is 22.7. The Bertz CT molecular complexity index is 652. The first-order chi connectivity index (χ1) is 10.1. The van der Waals surface area contributed by atoms with E-state index in [4.69, 9.17) is 4.74 Å². The van der Waals surface area contributed by atoms with Crippen LogP contribution in [0.4, 0.5) is 0 Å². The number of hydrogen-bond acceptors (Lipinski definition) is 2. The number of benzene rings is 2. The molecule has 2 aromatic rings. The summed E-state index contributed by atoms with van der Waals surface area (Å²) in [6.45, 7) is 4.35. The molecule has 1 N–H and O–H groups in total. The van der Waals surface area contributed by atoms with E-state index in [0.29, 0.717) is 6.04 Å². The van der Waals surface area contributed by atoms with Crippen LogP contribution in [0.25, 0.3) is 0 Å². The number of hydrogen-bond donors (Lipinski definition) is 1. The van der Waals surface area contributed by atoms with Gasteiger partial charge in [-0.05, 0) is 43.9 Å². The highest BCUT2D eigenvalue weighted by molar-refractivity contribution is 5.42. The van der Waals surface area contributed by atoms with Crippen molar-refractivity contribution in [2.45, 2.75) is 44.4 Å². The molecule has 2 nitrogen and oxygen atoms in total. The monoisotopic (exact) mass is 279 g/mol. The molecular weight excluding hydrogens is 258 g/mol. The molecule has 21 heavy (non-hydrogen) atoms. The van der Waals surface area contributed by atoms with Gasteiger partial charge < -0.3 is 10.1 Å². The van der Waals surface area contributed by atoms with E-state index in [-0.39, 0.29) is 11.6 Å². The molecule has 1 unspecified atom stereocenters. The van der Waals surface area contributed by atoms with Crippen LogP contribution in [0.15, 0.2) is 48.5 Å². The second kappa shape index (κ2) is 4.60. The Balaban J connectivity index is 1.58. The van der Waals surface area contributed by atoms with Crippen molar-refractivity contribution < 1.29 is 4.74 Å². The summed E-state index contributed by atoms with van der Waals surface area (Å²) >= 11 is 0. The Labute approximate surface area is 126 Å². The summed E-state index contributed by atoms with van der Waals surface area (Å²) < 4.78 is 6.13. The standard InChI is InChI=1S/C19H21NO/c1-19(2)18(16-9-5-6-10-17(16)21-19)20-15-11-13-7-3-4-8-14(13)12-15/h3-10,15,18,20H,11-12H2,1-2H3. The van der Waals surface area contributed by atoms with Gasteiger partial charge in [0.15, 0.2) is 0 Å². The van der Waals surface area contributed by atoms with E-state index in [2.05, 4.69) is 61.6 Å². The van der Waals surface area contributed by atoms with Gasteiger partial charge in [-0.15, -0.1) is 0 Å². The summed E-state index contributed by atoms with van der Waals surface area (Å²) in [7, 11) is 0. The zero-order valence-corrected chi connectivity index (χ0v) is 12.6. The lowest BCUT2D eigenvalue weighted by Crippen LogP contribution is -2.44. The van der Waals surface area contributed by atoms with Gasteiger partial charge in [0.05, 0.1) is 6.04 Å². The maximum atomic E-state index is 6.13. The van der Waals surface area contributed by atoms with Crippen molar-refractivity contribution in [1.82, 2.24) is 5.32 Å². The SMILES string of the molecule is CC1(C)Oc2ccccc2C1NC1Cc2ccccc2C1. The third-order valence-electron chi connectivity index (χ3n) is 4.75. The van der Waals surface area contributed by atoms with Gasteiger partial charge >= 0.3 is 0 Å². The van der Waals surface area contributed by atoms with Gasteiger partial charge in [0.2, 0.25) is 0 Å². The van der Waals surface area contributed by atoms with Crippen molar-refractivity contribution in [3.63, 3.8) is 0 Å². The molecule has 4 rings (SSSR count). The van der Waals surface area contributed by atoms with Crippen LogP contribution in [-0.4, -0.2) is 11.6 Å². The van der Waals surface area contributed by atoms with Gasteiger partial charge in [-0.2, -0.15) is 0 Å². The van der Waals surface area contributed by atoms with Crippen LogP contribution in [0.3, 0.4) is 0 Å². The van der Waals surface area contributed by atoms with E-state index in [9.17, 15) is 0 Å². The molecule has 0 aromatic heterocycles. The van der Waals surface area contributed by atoms with Crippen molar-refractivity contribution in [3.05, 3.63) is 65.2 Å². The van der Waals surface area contributed by atoms with E-state index >= 15 is 0 Å². The molecule has 0 spiro atoms. The van der Waals surface area contributed by atoms with Crippen LogP contribution in [0, 0.1) is 0 Å². The zero-order chi connectivity index (χ0) is 14.4. The fourth-order valence-corrected chi connectivity index (χ4v) is 3.73. The Kier molecular flexibility index (Phi) is 2.83. The van der Waals surface area contributed by atoms with Gasteiger partial charge in [-0.1, -0.05) is 42.5 Å². The van der Waals surface area contributed by atoms with E-state index < -0.39 is 0 Å². The topological polar surface area (TPSA) is 21.3 Å². The fraction of sp³-hybridized carbons (Fsp3) is 0.368. The number of fused-ring (bicyclic) bond motifs is 2. The quantitative estimate of drug-likeness (QED) is 0.906. The molecule has 0 fully saturated rings. The third kappa shape index (κ3) is 2.14. The third-order valence-corrected chi connectivity index (χ3v) is 4.75. The van der Waals surface area contributed by atoms with Crippen LogP contribution < -0.4 is 10.1 Å². The summed E-state index contributed by atoms with van der Waals surface area (Å²) in [5.74, 6) is 1.02. The highest BCUT2D eigenvalue weighted by Gasteiger charge is 2.42. The van der Waals surface area contributed by atoms with Crippen molar-refractivity contribution in [3.8, 4) is 5.75 Å². The molecule has 2 heteroatoms. The second-order valence-corrected chi connectivity index (χ2v) is 6.72. The molecular formula is C19H21NO. The Morgan fingerprint density at radius 2 is 1.57 bits per heavy atom. The number of rotatable bonds is 2. The Morgan fingerprint density at radius 1 is 0.952 bits per heavy atom. The van der Waals surface area contributed by atoms with Gasteiger partial charge in [0.1, 0.15) is 11.4 Å². The van der Waals surface area contributed by atoms with Crippen LogP contribution in [0.1, 0.15) is 36.6 Å². The van der Waals surface area contributed by atoms with Gasteiger partial charge in [-0.3, -0.25) is 0 Å². The Morgan fingerprint density at radius 3 is 2.29 bits per heavy atom. The fourth-order valence-electron chi connectivity index (χ4n) is 3.73. The molecule has 0 saturated heterocycles. The molecule has 0 saturated carbocycles. The van der Waals surface area contributed by atoms with E-state index in [1.165, 1.54) is 16.7 Å². The molecule has 0 radical (unpaired) electrons. The highest BCUT2D eigenvalue weighted by Crippen LogP contribution is 2.43. The smallest absolute Gasteiger partial charge is 0.125 e. The summed E-state index contributed by atoms with van der Waals surface area (Å²) in [5, 5.41) is 3.85. The largest absolute Gasteiger partial charge is 0.486 e. The molecule has 1 heterocycles. The average Bonchev–Trinajstić information content (AvgIpc) is 2.98. The van der Waals surface area contributed by atoms with Crippen LogP contribution in [-0.2, 0) is 12.8 Å². The first-order valence-corrected chi connectivity index (χ1v) is 7.74. The van der Waals surface area contributed by atoms with Gasteiger partial charge in [0, 0.05) is 11.6 Å². The zero-order valence-electron chi connectivity index (χ0n) is 12.6. The molecule has 2 aromatic carbocycles. The van der Waals surface area contributed by atoms with E-state index in [0.717, 1.165) is 18.6 Å². The van der Waals surface area contributed by atoms with Crippen molar-refractivity contribution in [2.24, 2.45) is 0 Å². The maximum absolute atomic E-state index is 6.13. The lowest BCUT2D eigenvalue weighted by molar-refractivity contribution is 0.0914. The summed E-state index contributed by atoms with van der Waals surface area (Å²) in [6, 6.07) is 17.9. The number of ether oxygens (including phenoxy) is 1. The summed E-state index contributed by atoms with van der Waals surface area (Å²) in [5.41, 5.74) is 4.07. The minimum absolute atomic E-state index is 0.196. The maximum Gasteiger partial charge on any atom is 0.125 e. The molecule has 108 valence electrons. The highest BCUT2D eigenvalue weighted by atomic mass is 16.5. The summed E-state index contributed by atoms with van der Waals surface area (Å²) in [4.78, 5) is 0. The molecule has 0 amide bonds. The molecule has 1 atom stereocenters. The van der Waals surface area contributed by atoms with Gasteiger partial charge in [0.25, 0.3) is 0 Å². The number of nitrogens with one attached hydrogen (secondary N) is 1. The molecule has 1 aliphatic heterocycles. The summed E-state index contributed by atoms with van der Waals surface area (Å²) in [6.07, 6.45) is 2.23. The second-order valence-electron chi connectivity index (χ2n) is 6.72. The molecule has 2 aliphatic rings. The van der Waals surface area contributed by atoms with Crippen molar-refractivity contribution >= 4 is 0 Å². The Hall–Kier alpha value is -1.80. The first-order valence-electron chi connectivity index (χ1n) is 7.74. The molecule has 1 aliphatic carbocycles. The molecule has 0 bridgehead atoms. The predicted molar refractivity (Wildman–Crippen MR) is 84.7 cm³/mol. The van der Waals surface area contributed by atoms with Crippen molar-refractivity contribution in [2.75, 3.05) is 0 Å². The lowest BCUT2D eigenvalue weighted by atomic mass is 9.93. The number of para-hydroxylation sites is 1.